The molecule has 0 aliphatic rings. The second-order valence-corrected chi connectivity index (χ2v) is 12.3. The van der Waals surface area contributed by atoms with Crippen LogP contribution in [0.1, 0.15) is 45.1 Å². The van der Waals surface area contributed by atoms with Crippen LogP contribution in [-0.4, -0.2) is 25.5 Å². The molecule has 0 saturated heterocycles. The van der Waals surface area contributed by atoms with Crippen molar-refractivity contribution in [3.05, 3.63) is 140 Å². The van der Waals surface area contributed by atoms with Crippen LogP contribution < -0.4 is 15.9 Å². The number of rotatable bonds is 9. The van der Waals surface area contributed by atoms with E-state index in [0.717, 1.165) is 13.0 Å². The van der Waals surface area contributed by atoms with Crippen LogP contribution in [0.5, 0.6) is 0 Å². The summed E-state index contributed by atoms with van der Waals surface area (Å²) in [6, 6.07) is 45.4. The fourth-order valence-electron chi connectivity index (χ4n) is 4.46. The summed E-state index contributed by atoms with van der Waals surface area (Å²) >= 11 is 0. The van der Waals surface area contributed by atoms with Crippen LogP contribution in [0.2, 0.25) is 0 Å². The Kier molecular flexibility index (Phi) is 18.8. The molecule has 0 aliphatic carbocycles. The van der Waals surface area contributed by atoms with E-state index in [4.69, 9.17) is 0 Å². The van der Waals surface area contributed by atoms with Crippen molar-refractivity contribution in [2.45, 2.75) is 46.0 Å². The molecule has 41 heavy (non-hydrogen) atoms. The summed E-state index contributed by atoms with van der Waals surface area (Å²) in [7, 11) is 3.79. The summed E-state index contributed by atoms with van der Waals surface area (Å²) in [5.74, 6) is 0. The van der Waals surface area contributed by atoms with Crippen molar-refractivity contribution in [1.29, 1.82) is 0 Å². The van der Waals surface area contributed by atoms with Gasteiger partial charge in [-0.2, -0.15) is 6.07 Å². The first kappa shape index (κ1) is 36.4. The summed E-state index contributed by atoms with van der Waals surface area (Å²) in [4.78, 5) is 2.22. The molecule has 0 fully saturated rings. The maximum absolute atomic E-state index is 2.24. The standard InChI is InChI=1S/C18H15P.C13H16N.C6H14.CH3.Ni/c1-4-10-16(11-5-1)19(17-12-6-2-7-13-17)18-14-8-3-9-15-18;1-14(2)10-9-12-8-7-11-5-3-4-6-13(11)12;1-3-5-6-4-2;;/h1-15H;3-8H,9-10H2,1-2H3;3-6H2,1-2H3;1H3;/q;-1;;-1;+2. The molecular weight excluding hydrogens is 560 g/mol. The normalized spacial score (nSPS) is 10.1. The van der Waals surface area contributed by atoms with Crippen LogP contribution in [0.15, 0.2) is 127 Å². The summed E-state index contributed by atoms with van der Waals surface area (Å²) in [5.41, 5.74) is 1.47. The molecule has 0 aromatic heterocycles. The molecule has 5 aromatic rings. The molecule has 1 nitrogen and oxygen atoms in total. The minimum atomic E-state index is -0.446. The van der Waals surface area contributed by atoms with Gasteiger partial charge in [-0.1, -0.05) is 137 Å². The Morgan fingerprint density at radius 2 is 1.00 bits per heavy atom. The van der Waals surface area contributed by atoms with E-state index >= 15 is 0 Å². The van der Waals surface area contributed by atoms with Gasteiger partial charge in [0.15, 0.2) is 0 Å². The number of benzene rings is 4. The number of hydrogen-bond donors (Lipinski definition) is 0. The third kappa shape index (κ3) is 12.4. The number of unbranched alkanes of at least 4 members (excludes halogenated alkanes) is 3. The van der Waals surface area contributed by atoms with Gasteiger partial charge >= 0.3 is 16.5 Å². The maximum Gasteiger partial charge on any atom is 2.00 e. The second-order valence-electron chi connectivity index (χ2n) is 10.0. The van der Waals surface area contributed by atoms with Crippen molar-refractivity contribution in [3.63, 3.8) is 0 Å². The second kappa shape index (κ2) is 21.1. The van der Waals surface area contributed by atoms with E-state index in [1.165, 1.54) is 57.9 Å². The van der Waals surface area contributed by atoms with Crippen LogP contribution in [0.25, 0.3) is 10.8 Å². The average Bonchev–Trinajstić information content (AvgIpc) is 3.41. The quantitative estimate of drug-likeness (QED) is 0.0699. The summed E-state index contributed by atoms with van der Waals surface area (Å²) in [6.07, 6.45) is 6.68. The average molecular weight is 608 g/mol. The molecule has 0 heterocycles. The Labute approximate surface area is 262 Å². The van der Waals surface area contributed by atoms with Crippen LogP contribution >= 0.6 is 7.92 Å². The minimum Gasteiger partial charge on any atom is -0.358 e. The zero-order valence-electron chi connectivity index (χ0n) is 25.6. The van der Waals surface area contributed by atoms with Crippen molar-refractivity contribution >= 4 is 34.6 Å². The predicted octanol–water partition coefficient (Wildman–Crippen LogP) is 9.14. The van der Waals surface area contributed by atoms with Crippen LogP contribution in [0, 0.1) is 7.43 Å². The molecule has 5 aromatic carbocycles. The summed E-state index contributed by atoms with van der Waals surface area (Å²) in [5, 5.41) is 6.97. The van der Waals surface area contributed by atoms with E-state index in [9.17, 15) is 0 Å². The molecule has 0 amide bonds. The van der Waals surface area contributed by atoms with Gasteiger partial charge in [0.2, 0.25) is 0 Å². The predicted molar refractivity (Wildman–Crippen MR) is 183 cm³/mol. The summed E-state index contributed by atoms with van der Waals surface area (Å²) < 4.78 is 0. The Morgan fingerprint density at radius 3 is 1.41 bits per heavy atom. The molecule has 0 atom stereocenters. The van der Waals surface area contributed by atoms with Crippen LogP contribution in [-0.2, 0) is 22.9 Å². The van der Waals surface area contributed by atoms with E-state index in [1.807, 2.05) is 0 Å². The van der Waals surface area contributed by atoms with Crippen molar-refractivity contribution in [3.8, 4) is 0 Å². The Hall–Kier alpha value is -2.63. The van der Waals surface area contributed by atoms with E-state index in [1.54, 1.807) is 0 Å². The monoisotopic (exact) mass is 607 g/mol. The molecule has 0 unspecified atom stereocenters. The van der Waals surface area contributed by atoms with E-state index in [-0.39, 0.29) is 23.9 Å². The van der Waals surface area contributed by atoms with Gasteiger partial charge in [-0.3, -0.25) is 0 Å². The zero-order chi connectivity index (χ0) is 27.7. The third-order valence-corrected chi connectivity index (χ3v) is 9.04. The maximum atomic E-state index is 2.24. The molecule has 220 valence electrons. The third-order valence-electron chi connectivity index (χ3n) is 6.60. The number of hydrogen-bond acceptors (Lipinski definition) is 1. The van der Waals surface area contributed by atoms with E-state index in [0.29, 0.717) is 0 Å². The smallest absolute Gasteiger partial charge is 0.358 e. The fourth-order valence-corrected chi connectivity index (χ4v) is 6.76. The molecule has 0 radical (unpaired) electrons. The molecule has 0 saturated carbocycles. The number of nitrogens with zero attached hydrogens (tertiary/aromatic N) is 1. The van der Waals surface area contributed by atoms with Crippen LogP contribution in [0.4, 0.5) is 0 Å². The number of likely N-dealkylation sites (N-methyl/N-ethyl adjacent to an activating group) is 1. The van der Waals surface area contributed by atoms with Gasteiger partial charge in [-0.05, 0) is 50.9 Å². The molecule has 0 bridgehead atoms. The van der Waals surface area contributed by atoms with E-state index in [2.05, 4.69) is 160 Å². The Bertz CT molecular complexity index is 1200. The number of fused-ring (bicyclic) bond motifs is 1. The van der Waals surface area contributed by atoms with Gasteiger partial charge < -0.3 is 12.3 Å². The molecule has 5 rings (SSSR count). The van der Waals surface area contributed by atoms with Crippen LogP contribution in [0.3, 0.4) is 0 Å². The van der Waals surface area contributed by atoms with Crippen molar-refractivity contribution in [2.24, 2.45) is 0 Å². The molecule has 0 aliphatic heterocycles. The minimum absolute atomic E-state index is 0. The molecular formula is C38H48NNiP. The Morgan fingerprint density at radius 1 is 0.585 bits per heavy atom. The fraction of sp³-hybridized carbons (Fsp3) is 0.263. The van der Waals surface area contributed by atoms with Gasteiger partial charge in [0.05, 0.1) is 0 Å². The van der Waals surface area contributed by atoms with Gasteiger partial charge in [-0.25, -0.2) is 0 Å². The summed E-state index contributed by atoms with van der Waals surface area (Å²) in [6.45, 7) is 5.58. The van der Waals surface area contributed by atoms with Gasteiger partial charge in [-0.15, -0.1) is 40.6 Å². The van der Waals surface area contributed by atoms with Gasteiger partial charge in [0, 0.05) is 0 Å². The van der Waals surface area contributed by atoms with E-state index < -0.39 is 7.92 Å². The largest absolute Gasteiger partial charge is 2.00 e. The van der Waals surface area contributed by atoms with Gasteiger partial charge in [0.1, 0.15) is 0 Å². The molecule has 0 spiro atoms. The first-order chi connectivity index (χ1) is 19.1. The van der Waals surface area contributed by atoms with Crippen molar-refractivity contribution < 1.29 is 16.5 Å². The zero-order valence-corrected chi connectivity index (χ0v) is 27.5. The topological polar surface area (TPSA) is 3.24 Å². The molecule has 0 N–H and O–H groups in total. The molecule has 3 heteroatoms. The Balaban J connectivity index is 0.000000339. The SMILES string of the molecule is CCCCCC.CN(C)CC[c-]1ccc2ccccc21.[CH3-].[Ni+2].c1ccc(P(c2ccccc2)c2ccccc2)cc1. The van der Waals surface area contributed by atoms with Crippen molar-refractivity contribution in [1.82, 2.24) is 4.90 Å². The first-order valence-corrected chi connectivity index (χ1v) is 15.7. The first-order valence-electron chi connectivity index (χ1n) is 14.4. The van der Waals surface area contributed by atoms with Gasteiger partial charge in [0.25, 0.3) is 0 Å². The van der Waals surface area contributed by atoms with Crippen molar-refractivity contribution in [2.75, 3.05) is 20.6 Å².